The maximum absolute atomic E-state index is 13.0. The van der Waals surface area contributed by atoms with Crippen LogP contribution in [-0.2, 0) is 0 Å². The molecular weight excluding hydrogens is 288 g/mol. The summed E-state index contributed by atoms with van der Waals surface area (Å²) in [5.74, 6) is 0.349. The number of aryl methyl sites for hydroxylation is 1. The summed E-state index contributed by atoms with van der Waals surface area (Å²) in [6, 6.07) is 5.75. The summed E-state index contributed by atoms with van der Waals surface area (Å²) in [6.45, 7) is 1.96. The molecule has 0 bridgehead atoms. The summed E-state index contributed by atoms with van der Waals surface area (Å²) in [5.41, 5.74) is 4.13. The zero-order valence-electron chi connectivity index (χ0n) is 13.2. The first-order valence-corrected chi connectivity index (χ1v) is 8.28. The highest BCUT2D eigenvalue weighted by atomic mass is 16.1. The molecule has 0 aliphatic heterocycles. The van der Waals surface area contributed by atoms with Gasteiger partial charge in [-0.1, -0.05) is 25.3 Å². The Morgan fingerprint density at radius 2 is 2.04 bits per heavy atom. The topological polar surface area (TPSA) is 63.1 Å². The third-order valence-electron chi connectivity index (χ3n) is 4.84. The number of rotatable bonds is 2. The van der Waals surface area contributed by atoms with Crippen molar-refractivity contribution >= 4 is 5.65 Å². The van der Waals surface area contributed by atoms with Crippen LogP contribution >= 0.6 is 0 Å². The number of nitrogens with zero attached hydrogens (tertiary/aromatic N) is 3. The summed E-state index contributed by atoms with van der Waals surface area (Å²) in [4.78, 5) is 22.1. The molecule has 1 saturated carbocycles. The lowest BCUT2D eigenvalue weighted by Crippen LogP contribution is -2.25. The minimum absolute atomic E-state index is 0.0431. The Morgan fingerprint density at radius 3 is 2.78 bits per heavy atom. The van der Waals surface area contributed by atoms with E-state index in [-0.39, 0.29) is 5.56 Å². The van der Waals surface area contributed by atoms with Crippen LogP contribution in [0.5, 0.6) is 0 Å². The van der Waals surface area contributed by atoms with Gasteiger partial charge in [-0.15, -0.1) is 0 Å². The van der Waals surface area contributed by atoms with Crippen molar-refractivity contribution in [3.63, 3.8) is 0 Å². The molecule has 1 aliphatic carbocycles. The van der Waals surface area contributed by atoms with Crippen LogP contribution in [0.2, 0.25) is 0 Å². The molecule has 1 fully saturated rings. The van der Waals surface area contributed by atoms with Gasteiger partial charge in [0.05, 0.1) is 11.3 Å². The molecule has 1 N–H and O–H groups in total. The second-order valence-corrected chi connectivity index (χ2v) is 6.31. The largest absolute Gasteiger partial charge is 0.296 e. The number of nitrogens with one attached hydrogen (secondary N) is 1. The van der Waals surface area contributed by atoms with Crippen molar-refractivity contribution in [3.8, 4) is 11.3 Å². The van der Waals surface area contributed by atoms with E-state index >= 15 is 0 Å². The van der Waals surface area contributed by atoms with Crippen LogP contribution in [0.4, 0.5) is 0 Å². The first kappa shape index (κ1) is 14.2. The average molecular weight is 308 g/mol. The van der Waals surface area contributed by atoms with Crippen molar-refractivity contribution in [2.24, 2.45) is 0 Å². The minimum atomic E-state index is 0.0431. The molecule has 0 saturated heterocycles. The summed E-state index contributed by atoms with van der Waals surface area (Å²) < 4.78 is 1.57. The van der Waals surface area contributed by atoms with Crippen molar-refractivity contribution in [3.05, 3.63) is 52.2 Å². The molecule has 118 valence electrons. The number of pyridine rings is 1. The fourth-order valence-corrected chi connectivity index (χ4v) is 3.71. The van der Waals surface area contributed by atoms with E-state index in [1.807, 2.05) is 31.3 Å². The summed E-state index contributed by atoms with van der Waals surface area (Å²) in [6.07, 6.45) is 9.44. The first-order chi connectivity index (χ1) is 11.3. The van der Waals surface area contributed by atoms with Crippen molar-refractivity contribution < 1.29 is 0 Å². The SMILES string of the molecule is Cc1nc2c(-c3ccccn3)c[nH]n2c(=O)c1C1CCCCC1. The standard InChI is InChI=1S/C18H20N4O/c1-12-16(13-7-3-2-4-8-13)18(23)22-17(21-12)14(11-20-22)15-9-5-6-10-19-15/h5-6,9-11,13,20H,2-4,7-8H2,1H3. The molecule has 0 aromatic carbocycles. The van der Waals surface area contributed by atoms with E-state index in [1.54, 1.807) is 10.7 Å². The molecule has 23 heavy (non-hydrogen) atoms. The van der Waals surface area contributed by atoms with Gasteiger partial charge in [0.1, 0.15) is 0 Å². The van der Waals surface area contributed by atoms with Gasteiger partial charge in [0.25, 0.3) is 5.56 Å². The molecule has 5 nitrogen and oxygen atoms in total. The maximum atomic E-state index is 13.0. The summed E-state index contributed by atoms with van der Waals surface area (Å²) >= 11 is 0. The third kappa shape index (κ3) is 2.36. The van der Waals surface area contributed by atoms with Gasteiger partial charge >= 0.3 is 0 Å². The highest BCUT2D eigenvalue weighted by molar-refractivity contribution is 5.74. The van der Waals surface area contributed by atoms with Crippen LogP contribution in [0.15, 0.2) is 35.4 Å². The summed E-state index contributed by atoms with van der Waals surface area (Å²) in [5, 5.41) is 3.06. The lowest BCUT2D eigenvalue weighted by Gasteiger charge is -2.22. The Balaban J connectivity index is 1.89. The molecule has 0 amide bonds. The van der Waals surface area contributed by atoms with E-state index in [4.69, 9.17) is 4.98 Å². The number of aromatic amines is 1. The van der Waals surface area contributed by atoms with Crippen molar-refractivity contribution in [1.82, 2.24) is 19.6 Å². The Labute approximate surface area is 134 Å². The fourth-order valence-electron chi connectivity index (χ4n) is 3.71. The van der Waals surface area contributed by atoms with Crippen molar-refractivity contribution in [1.29, 1.82) is 0 Å². The van der Waals surface area contributed by atoms with Crippen molar-refractivity contribution in [2.45, 2.75) is 44.9 Å². The number of H-pyrrole nitrogens is 1. The van der Waals surface area contributed by atoms with E-state index in [0.717, 1.165) is 35.4 Å². The molecule has 3 aromatic rings. The normalized spacial score (nSPS) is 16.0. The van der Waals surface area contributed by atoms with Crippen LogP contribution in [0.1, 0.15) is 49.3 Å². The van der Waals surface area contributed by atoms with E-state index < -0.39 is 0 Å². The Hall–Kier alpha value is -2.43. The van der Waals surface area contributed by atoms with Crippen LogP contribution < -0.4 is 5.56 Å². The molecule has 3 aromatic heterocycles. The molecule has 3 heterocycles. The molecule has 0 unspecified atom stereocenters. The van der Waals surface area contributed by atoms with Gasteiger partial charge in [-0.25, -0.2) is 9.50 Å². The third-order valence-corrected chi connectivity index (χ3v) is 4.84. The Morgan fingerprint density at radius 1 is 1.22 bits per heavy atom. The molecule has 5 heteroatoms. The van der Waals surface area contributed by atoms with Gasteiger partial charge in [-0.2, -0.15) is 0 Å². The lowest BCUT2D eigenvalue weighted by molar-refractivity contribution is 0.437. The fraction of sp³-hybridized carbons (Fsp3) is 0.389. The quantitative estimate of drug-likeness (QED) is 0.788. The van der Waals surface area contributed by atoms with Gasteiger partial charge in [0, 0.05) is 23.7 Å². The lowest BCUT2D eigenvalue weighted by atomic mass is 9.84. The number of hydrogen-bond acceptors (Lipinski definition) is 3. The van der Waals surface area contributed by atoms with E-state index in [2.05, 4.69) is 10.1 Å². The molecule has 0 radical (unpaired) electrons. The second-order valence-electron chi connectivity index (χ2n) is 6.31. The smallest absolute Gasteiger partial charge is 0.276 e. The van der Waals surface area contributed by atoms with Crippen molar-refractivity contribution in [2.75, 3.05) is 0 Å². The number of hydrogen-bond donors (Lipinski definition) is 1. The van der Waals surface area contributed by atoms with Gasteiger partial charge in [-0.05, 0) is 37.8 Å². The monoisotopic (exact) mass is 308 g/mol. The maximum Gasteiger partial charge on any atom is 0.276 e. The molecular formula is C18H20N4O. The Kier molecular flexibility index (Phi) is 3.48. The minimum Gasteiger partial charge on any atom is -0.296 e. The van der Waals surface area contributed by atoms with E-state index in [9.17, 15) is 4.79 Å². The van der Waals surface area contributed by atoms with E-state index in [1.165, 1.54) is 19.3 Å². The van der Waals surface area contributed by atoms with Gasteiger partial charge in [0.2, 0.25) is 0 Å². The Bertz CT molecular complexity index is 889. The van der Waals surface area contributed by atoms with Crippen LogP contribution in [0, 0.1) is 6.92 Å². The molecule has 4 rings (SSSR count). The van der Waals surface area contributed by atoms with Crippen LogP contribution in [0.3, 0.4) is 0 Å². The predicted molar refractivity (Wildman–Crippen MR) is 89.6 cm³/mol. The van der Waals surface area contributed by atoms with Gasteiger partial charge in [0.15, 0.2) is 5.65 Å². The summed E-state index contributed by atoms with van der Waals surface area (Å²) in [7, 11) is 0. The molecule has 0 atom stereocenters. The highest BCUT2D eigenvalue weighted by Crippen LogP contribution is 2.32. The number of aromatic nitrogens is 4. The second kappa shape index (κ2) is 5.65. The number of fused-ring (bicyclic) bond motifs is 1. The van der Waals surface area contributed by atoms with Gasteiger partial charge < -0.3 is 0 Å². The molecule has 1 aliphatic rings. The van der Waals surface area contributed by atoms with Crippen LogP contribution in [-0.4, -0.2) is 19.6 Å². The average Bonchev–Trinajstić information content (AvgIpc) is 3.00. The van der Waals surface area contributed by atoms with Gasteiger partial charge in [-0.3, -0.25) is 14.9 Å². The highest BCUT2D eigenvalue weighted by Gasteiger charge is 2.23. The molecule has 0 spiro atoms. The van der Waals surface area contributed by atoms with E-state index in [0.29, 0.717) is 11.6 Å². The van der Waals surface area contributed by atoms with Crippen LogP contribution in [0.25, 0.3) is 16.9 Å². The first-order valence-electron chi connectivity index (χ1n) is 8.28. The zero-order chi connectivity index (χ0) is 15.8. The zero-order valence-corrected chi connectivity index (χ0v) is 13.2. The predicted octanol–water partition coefficient (Wildman–Crippen LogP) is 3.44.